The molecule has 0 aliphatic carbocycles. The van der Waals surface area contributed by atoms with Gasteiger partial charge >= 0.3 is 0 Å². The minimum Gasteiger partial charge on any atom is -0.374 e. The molecular weight excluding hydrogens is 240 g/mol. The molecule has 1 atom stereocenters. The van der Waals surface area contributed by atoms with Gasteiger partial charge < -0.3 is 14.2 Å². The maximum absolute atomic E-state index is 5.61. The normalized spacial score (nSPS) is 20.7. The van der Waals surface area contributed by atoms with E-state index in [4.69, 9.17) is 14.2 Å². The Hall–Kier alpha value is -0.120. The van der Waals surface area contributed by atoms with E-state index in [0.29, 0.717) is 25.2 Å². The first-order valence-electron chi connectivity index (χ1n) is 7.89. The molecule has 19 heavy (non-hydrogen) atoms. The zero-order chi connectivity index (χ0) is 14.0. The highest BCUT2D eigenvalue weighted by Crippen LogP contribution is 2.22. The summed E-state index contributed by atoms with van der Waals surface area (Å²) < 4.78 is 16.3. The standard InChI is InChI=1S/C16H32O3/c1-16(2,3)10-8-6-4-5-7-9-11-18-15-14-17-12-13-19-15/h15H,4-14H2,1-3H3. The number of hydrogen-bond acceptors (Lipinski definition) is 3. The van der Waals surface area contributed by atoms with Crippen molar-refractivity contribution < 1.29 is 14.2 Å². The van der Waals surface area contributed by atoms with Crippen molar-refractivity contribution in [3.63, 3.8) is 0 Å². The monoisotopic (exact) mass is 272 g/mol. The zero-order valence-corrected chi connectivity index (χ0v) is 13.1. The molecule has 0 aromatic rings. The van der Waals surface area contributed by atoms with E-state index >= 15 is 0 Å². The summed E-state index contributed by atoms with van der Waals surface area (Å²) in [5.41, 5.74) is 0.496. The zero-order valence-electron chi connectivity index (χ0n) is 13.1. The van der Waals surface area contributed by atoms with Crippen LogP contribution in [0.5, 0.6) is 0 Å². The average Bonchev–Trinajstić information content (AvgIpc) is 2.37. The highest BCUT2D eigenvalue weighted by molar-refractivity contribution is 4.61. The van der Waals surface area contributed by atoms with Crippen LogP contribution < -0.4 is 0 Å². The fourth-order valence-corrected chi connectivity index (χ4v) is 2.24. The molecule has 3 heteroatoms. The molecule has 114 valence electrons. The Balaban J connectivity index is 1.78. The van der Waals surface area contributed by atoms with E-state index < -0.39 is 0 Å². The van der Waals surface area contributed by atoms with Gasteiger partial charge in [0.2, 0.25) is 0 Å². The summed E-state index contributed by atoms with van der Waals surface area (Å²) in [7, 11) is 0. The lowest BCUT2D eigenvalue weighted by atomic mass is 9.89. The summed E-state index contributed by atoms with van der Waals surface area (Å²) in [6.07, 6.45) is 9.05. The lowest BCUT2D eigenvalue weighted by Gasteiger charge is -2.22. The molecule has 1 fully saturated rings. The van der Waals surface area contributed by atoms with Crippen molar-refractivity contribution in [2.45, 2.75) is 72.0 Å². The minimum absolute atomic E-state index is 0.125. The predicted molar refractivity (Wildman–Crippen MR) is 78.3 cm³/mol. The smallest absolute Gasteiger partial charge is 0.180 e. The Bertz CT molecular complexity index is 205. The molecule has 1 aliphatic rings. The SMILES string of the molecule is CC(C)(C)CCCCCCCCOC1COCCO1. The quantitative estimate of drug-likeness (QED) is 0.590. The van der Waals surface area contributed by atoms with Gasteiger partial charge in [0.05, 0.1) is 19.8 Å². The van der Waals surface area contributed by atoms with Crippen molar-refractivity contribution in [3.05, 3.63) is 0 Å². The maximum atomic E-state index is 5.61. The second-order valence-corrected chi connectivity index (χ2v) is 6.68. The average molecular weight is 272 g/mol. The molecular formula is C16H32O3. The molecule has 3 nitrogen and oxygen atoms in total. The van der Waals surface area contributed by atoms with Crippen molar-refractivity contribution in [2.75, 3.05) is 26.4 Å². The van der Waals surface area contributed by atoms with E-state index in [1.807, 2.05) is 0 Å². The van der Waals surface area contributed by atoms with Gasteiger partial charge in [-0.05, 0) is 18.3 Å². The van der Waals surface area contributed by atoms with Gasteiger partial charge in [0.15, 0.2) is 6.29 Å². The van der Waals surface area contributed by atoms with Crippen LogP contribution in [-0.2, 0) is 14.2 Å². The summed E-state index contributed by atoms with van der Waals surface area (Å²) >= 11 is 0. The van der Waals surface area contributed by atoms with Gasteiger partial charge in [-0.1, -0.05) is 52.9 Å². The first kappa shape index (κ1) is 16.9. The number of ether oxygens (including phenoxy) is 3. The molecule has 0 N–H and O–H groups in total. The van der Waals surface area contributed by atoms with E-state index in [0.717, 1.165) is 13.0 Å². The molecule has 0 amide bonds. The third-order valence-corrected chi connectivity index (χ3v) is 3.41. The summed E-state index contributed by atoms with van der Waals surface area (Å²) in [5.74, 6) is 0. The van der Waals surface area contributed by atoms with Crippen molar-refractivity contribution in [1.29, 1.82) is 0 Å². The van der Waals surface area contributed by atoms with Crippen LogP contribution in [0.3, 0.4) is 0 Å². The minimum atomic E-state index is -0.125. The van der Waals surface area contributed by atoms with Gasteiger partial charge in [0.1, 0.15) is 0 Å². The van der Waals surface area contributed by atoms with Gasteiger partial charge in [-0.25, -0.2) is 0 Å². The van der Waals surface area contributed by atoms with Crippen LogP contribution >= 0.6 is 0 Å². The third-order valence-electron chi connectivity index (χ3n) is 3.41. The van der Waals surface area contributed by atoms with Gasteiger partial charge in [-0.15, -0.1) is 0 Å². The third kappa shape index (κ3) is 10.3. The van der Waals surface area contributed by atoms with Crippen LogP contribution in [0.4, 0.5) is 0 Å². The molecule has 1 heterocycles. The van der Waals surface area contributed by atoms with Crippen molar-refractivity contribution in [1.82, 2.24) is 0 Å². The van der Waals surface area contributed by atoms with Gasteiger partial charge in [-0.2, -0.15) is 0 Å². The van der Waals surface area contributed by atoms with Crippen LogP contribution in [0.2, 0.25) is 0 Å². The highest BCUT2D eigenvalue weighted by atomic mass is 16.7. The first-order valence-corrected chi connectivity index (χ1v) is 7.89. The van der Waals surface area contributed by atoms with E-state index in [9.17, 15) is 0 Å². The molecule has 0 aromatic carbocycles. The molecule has 0 spiro atoms. The Labute approximate surface area is 119 Å². The highest BCUT2D eigenvalue weighted by Gasteiger charge is 2.13. The van der Waals surface area contributed by atoms with Gasteiger partial charge in [-0.3, -0.25) is 0 Å². The summed E-state index contributed by atoms with van der Waals surface area (Å²) in [6, 6.07) is 0. The van der Waals surface area contributed by atoms with Crippen LogP contribution in [0.15, 0.2) is 0 Å². The Morgan fingerprint density at radius 3 is 2.26 bits per heavy atom. The van der Waals surface area contributed by atoms with Crippen molar-refractivity contribution in [3.8, 4) is 0 Å². The maximum Gasteiger partial charge on any atom is 0.180 e. The van der Waals surface area contributed by atoms with Gasteiger partial charge in [0.25, 0.3) is 0 Å². The fraction of sp³-hybridized carbons (Fsp3) is 1.00. The summed E-state index contributed by atoms with van der Waals surface area (Å²) in [5, 5.41) is 0. The van der Waals surface area contributed by atoms with Gasteiger partial charge in [0, 0.05) is 6.61 Å². The lowest BCUT2D eigenvalue weighted by molar-refractivity contribution is -0.211. The molecule has 1 saturated heterocycles. The van der Waals surface area contributed by atoms with E-state index in [-0.39, 0.29) is 6.29 Å². The van der Waals surface area contributed by atoms with Crippen LogP contribution in [0, 0.1) is 5.41 Å². The number of unbranched alkanes of at least 4 members (excludes halogenated alkanes) is 5. The Morgan fingerprint density at radius 1 is 0.947 bits per heavy atom. The Kier molecular flexibility index (Phi) is 8.67. The molecule has 0 saturated carbocycles. The van der Waals surface area contributed by atoms with Crippen molar-refractivity contribution in [2.24, 2.45) is 5.41 Å². The van der Waals surface area contributed by atoms with Crippen LogP contribution in [0.25, 0.3) is 0 Å². The molecule has 0 radical (unpaired) electrons. The van der Waals surface area contributed by atoms with E-state index in [2.05, 4.69) is 20.8 Å². The predicted octanol–water partition coefficient (Wildman–Crippen LogP) is 4.15. The Morgan fingerprint density at radius 2 is 1.63 bits per heavy atom. The fourth-order valence-electron chi connectivity index (χ4n) is 2.24. The first-order chi connectivity index (χ1) is 9.08. The molecule has 1 aliphatic heterocycles. The largest absolute Gasteiger partial charge is 0.374 e. The molecule has 1 rings (SSSR count). The van der Waals surface area contributed by atoms with E-state index in [1.165, 1.54) is 38.5 Å². The topological polar surface area (TPSA) is 27.7 Å². The second-order valence-electron chi connectivity index (χ2n) is 6.68. The van der Waals surface area contributed by atoms with E-state index in [1.54, 1.807) is 0 Å². The van der Waals surface area contributed by atoms with Crippen LogP contribution in [0.1, 0.15) is 65.7 Å². The van der Waals surface area contributed by atoms with Crippen molar-refractivity contribution >= 4 is 0 Å². The lowest BCUT2D eigenvalue weighted by Crippen LogP contribution is -2.31. The molecule has 1 unspecified atom stereocenters. The summed E-state index contributed by atoms with van der Waals surface area (Å²) in [6.45, 7) is 9.72. The molecule has 0 bridgehead atoms. The number of rotatable bonds is 9. The van der Waals surface area contributed by atoms with Crippen LogP contribution in [-0.4, -0.2) is 32.7 Å². The summed E-state index contributed by atoms with van der Waals surface area (Å²) in [4.78, 5) is 0. The second kappa shape index (κ2) is 9.73. The number of hydrogen-bond donors (Lipinski definition) is 0. The molecule has 0 aromatic heterocycles.